The van der Waals surface area contributed by atoms with Gasteiger partial charge in [-0.2, -0.15) is 11.8 Å². The largest absolute Gasteiger partial charge is 0.494 e. The maximum absolute atomic E-state index is 14.6. The maximum atomic E-state index is 14.6. The average Bonchev–Trinajstić information content (AvgIpc) is 3.65. The molecule has 4 bridgehead atoms. The number of nitrogens with one attached hydrogen (secondary N) is 4. The molecule has 308 valence electrons. The number of Topliss-reactive ketones (excluding diaryl/α,β-unsaturated/α-hetero) is 1. The van der Waals surface area contributed by atoms with Crippen LogP contribution in [0.4, 0.5) is 0 Å². The predicted molar refractivity (Wildman–Crippen MR) is 216 cm³/mol. The standard InChI is InChI=1S/C42H56N6O8S/c1-4-13-32(38(51)40(53)43-25-35(50)46-36(41(54)47(2)3)28-15-7-5-8-16-28)44-39(52)33-24-31-26-48(33)42(55)37(29-17-9-6-10-18-29)45-34(49)23-27-14-11-19-30(22-27)56-20-12-21-57-31/h5,7-8,11,14-16,19,22,29,31-33,36-37H,4,6,9-10,12-13,17-18,20-21,23-26H2,1-3H3,(H,43,53)(H,44,52)(H,45,49)(H,46,50)/t31-,32+,33?,36+,37+/m1/s1. The summed E-state index contributed by atoms with van der Waals surface area (Å²) < 4.78 is 5.97. The molecule has 15 heteroatoms. The van der Waals surface area contributed by atoms with Crippen molar-refractivity contribution in [1.82, 2.24) is 31.1 Å². The highest BCUT2D eigenvalue weighted by Gasteiger charge is 2.45. The van der Waals surface area contributed by atoms with Crippen LogP contribution in [0.25, 0.3) is 0 Å². The zero-order valence-corrected chi connectivity index (χ0v) is 33.9. The van der Waals surface area contributed by atoms with Crippen molar-refractivity contribution in [3.8, 4) is 5.75 Å². The molecule has 3 aliphatic rings. The molecule has 6 amide bonds. The molecule has 14 nitrogen and oxygen atoms in total. The number of ether oxygens (including phenoxy) is 1. The lowest BCUT2D eigenvalue weighted by atomic mass is 9.83. The summed E-state index contributed by atoms with van der Waals surface area (Å²) in [5, 5.41) is 10.7. The molecule has 2 heterocycles. The normalized spacial score (nSPS) is 21.6. The minimum absolute atomic E-state index is 0.0719. The molecule has 4 N–H and O–H groups in total. The van der Waals surface area contributed by atoms with Crippen molar-refractivity contribution in [2.75, 3.05) is 39.5 Å². The third-order valence-corrected chi connectivity index (χ3v) is 12.0. The minimum atomic E-state index is -1.20. The van der Waals surface area contributed by atoms with Crippen molar-refractivity contribution in [3.05, 3.63) is 65.7 Å². The monoisotopic (exact) mass is 804 g/mol. The fourth-order valence-corrected chi connectivity index (χ4v) is 8.93. The highest BCUT2D eigenvalue weighted by Crippen LogP contribution is 2.33. The van der Waals surface area contributed by atoms with Crippen LogP contribution < -0.4 is 26.0 Å². The molecular formula is C42H56N6O8S. The molecule has 0 aromatic heterocycles. The summed E-state index contributed by atoms with van der Waals surface area (Å²) in [6.45, 7) is 2.01. The number of hydrogen-bond donors (Lipinski definition) is 4. The second kappa shape index (κ2) is 21.0. The number of benzene rings is 2. The first-order valence-corrected chi connectivity index (χ1v) is 21.1. The van der Waals surface area contributed by atoms with E-state index < -0.39 is 54.2 Å². The van der Waals surface area contributed by atoms with E-state index in [4.69, 9.17) is 4.74 Å². The topological polar surface area (TPSA) is 183 Å². The lowest BCUT2D eigenvalue weighted by Gasteiger charge is -2.35. The van der Waals surface area contributed by atoms with Gasteiger partial charge >= 0.3 is 0 Å². The number of thioether (sulfide) groups is 1. The van der Waals surface area contributed by atoms with Crippen LogP contribution in [0, 0.1) is 5.92 Å². The SMILES string of the molecule is CCC[C@H](NC(=O)C1C[C@@H]2CN1C(=O)[C@H](C1CCCCC1)NC(=O)Cc1cccc(c1)OCCCS2)C(=O)C(=O)NCC(=O)N[C@H](C(=O)N(C)C)c1ccccc1. The summed E-state index contributed by atoms with van der Waals surface area (Å²) in [4.78, 5) is 97.7. The summed E-state index contributed by atoms with van der Waals surface area (Å²) in [5.41, 5.74) is 1.32. The van der Waals surface area contributed by atoms with Gasteiger partial charge in [0.25, 0.3) is 5.91 Å². The molecule has 2 aliphatic heterocycles. The number of likely N-dealkylation sites (N-methyl/N-ethyl adjacent to an activating group) is 1. The van der Waals surface area contributed by atoms with E-state index in [2.05, 4.69) is 21.3 Å². The van der Waals surface area contributed by atoms with Crippen LogP contribution in [0.2, 0.25) is 0 Å². The summed E-state index contributed by atoms with van der Waals surface area (Å²) in [6.07, 6.45) is 6.26. The molecule has 1 unspecified atom stereocenters. The van der Waals surface area contributed by atoms with Crippen LogP contribution in [0.15, 0.2) is 54.6 Å². The molecule has 2 aromatic carbocycles. The zero-order valence-electron chi connectivity index (χ0n) is 33.1. The zero-order chi connectivity index (χ0) is 40.9. The Labute approximate surface area is 339 Å². The van der Waals surface area contributed by atoms with Crippen LogP contribution in [-0.4, -0.2) is 114 Å². The average molecular weight is 805 g/mol. The Hall–Kier alpha value is -4.92. The molecule has 5 atom stereocenters. The molecule has 5 rings (SSSR count). The second-order valence-corrected chi connectivity index (χ2v) is 16.7. The van der Waals surface area contributed by atoms with Crippen LogP contribution in [0.5, 0.6) is 5.75 Å². The van der Waals surface area contributed by atoms with Crippen LogP contribution in [-0.2, 0) is 40.0 Å². The first-order valence-electron chi connectivity index (χ1n) is 20.1. The summed E-state index contributed by atoms with van der Waals surface area (Å²) in [6, 6.07) is 12.1. The molecule has 1 saturated carbocycles. The molecule has 0 spiro atoms. The van der Waals surface area contributed by atoms with Gasteiger partial charge in [-0.05, 0) is 67.0 Å². The van der Waals surface area contributed by atoms with Gasteiger partial charge < -0.3 is 35.8 Å². The van der Waals surface area contributed by atoms with Gasteiger partial charge in [-0.3, -0.25) is 33.6 Å². The first kappa shape index (κ1) is 43.2. The Morgan fingerprint density at radius 3 is 2.44 bits per heavy atom. The van der Waals surface area contributed by atoms with E-state index in [1.807, 2.05) is 31.2 Å². The van der Waals surface area contributed by atoms with Gasteiger partial charge in [0, 0.05) is 25.9 Å². The fraction of sp³-hybridized carbons (Fsp3) is 0.548. The van der Waals surface area contributed by atoms with Gasteiger partial charge in [-0.1, -0.05) is 75.1 Å². The number of fused-ring (bicyclic) bond motifs is 4. The van der Waals surface area contributed by atoms with E-state index >= 15 is 0 Å². The number of nitrogens with zero attached hydrogens (tertiary/aromatic N) is 2. The van der Waals surface area contributed by atoms with E-state index in [-0.39, 0.29) is 41.7 Å². The molecule has 1 aliphatic carbocycles. The van der Waals surface area contributed by atoms with Crippen molar-refractivity contribution in [2.24, 2.45) is 5.92 Å². The molecule has 1 saturated heterocycles. The van der Waals surface area contributed by atoms with Gasteiger partial charge in [-0.25, -0.2) is 0 Å². The Morgan fingerprint density at radius 2 is 1.72 bits per heavy atom. The molecule has 57 heavy (non-hydrogen) atoms. The summed E-state index contributed by atoms with van der Waals surface area (Å²) in [5.74, 6) is -2.85. The summed E-state index contributed by atoms with van der Waals surface area (Å²) >= 11 is 1.66. The third kappa shape index (κ3) is 12.0. The third-order valence-electron chi connectivity index (χ3n) is 10.7. The number of rotatable bonds is 12. The Balaban J connectivity index is 1.28. The van der Waals surface area contributed by atoms with Gasteiger partial charge in [-0.15, -0.1) is 0 Å². The van der Waals surface area contributed by atoms with Crippen molar-refractivity contribution >= 4 is 53.0 Å². The second-order valence-electron chi connectivity index (χ2n) is 15.2. The van der Waals surface area contributed by atoms with Crippen molar-refractivity contribution in [3.63, 3.8) is 0 Å². The number of hydrogen-bond acceptors (Lipinski definition) is 9. The van der Waals surface area contributed by atoms with Crippen molar-refractivity contribution in [2.45, 2.75) is 101 Å². The van der Waals surface area contributed by atoms with Gasteiger partial charge in [0.1, 0.15) is 23.9 Å². The molecule has 2 fully saturated rings. The van der Waals surface area contributed by atoms with Gasteiger partial charge in [0.05, 0.1) is 25.6 Å². The minimum Gasteiger partial charge on any atom is -0.494 e. The highest BCUT2D eigenvalue weighted by molar-refractivity contribution is 7.99. The van der Waals surface area contributed by atoms with E-state index in [9.17, 15) is 33.6 Å². The smallest absolute Gasteiger partial charge is 0.290 e. The number of carbonyl (C=O) groups excluding carboxylic acids is 7. The highest BCUT2D eigenvalue weighted by atomic mass is 32.2. The fourth-order valence-electron chi connectivity index (χ4n) is 7.73. The van der Waals surface area contributed by atoms with E-state index in [1.54, 1.807) is 61.1 Å². The lowest BCUT2D eigenvalue weighted by Crippen LogP contribution is -2.58. The quantitative estimate of drug-likeness (QED) is 0.235. The number of carbonyl (C=O) groups is 7. The lowest BCUT2D eigenvalue weighted by molar-refractivity contribution is -0.144. The Bertz CT molecular complexity index is 1750. The maximum Gasteiger partial charge on any atom is 0.290 e. The van der Waals surface area contributed by atoms with E-state index in [1.165, 1.54) is 4.90 Å². The summed E-state index contributed by atoms with van der Waals surface area (Å²) in [7, 11) is 3.13. The van der Waals surface area contributed by atoms with Crippen LogP contribution in [0.1, 0.15) is 81.9 Å². The van der Waals surface area contributed by atoms with Crippen LogP contribution in [0.3, 0.4) is 0 Å². The van der Waals surface area contributed by atoms with Crippen molar-refractivity contribution < 1.29 is 38.3 Å². The van der Waals surface area contributed by atoms with Crippen molar-refractivity contribution in [1.29, 1.82) is 0 Å². The van der Waals surface area contributed by atoms with E-state index in [0.717, 1.165) is 49.8 Å². The van der Waals surface area contributed by atoms with Gasteiger partial charge in [0.15, 0.2) is 0 Å². The number of ketones is 1. The molecule has 2 aromatic rings. The van der Waals surface area contributed by atoms with E-state index in [0.29, 0.717) is 37.3 Å². The predicted octanol–water partition coefficient (Wildman–Crippen LogP) is 2.70. The van der Waals surface area contributed by atoms with Gasteiger partial charge in [0.2, 0.25) is 35.3 Å². The Morgan fingerprint density at radius 1 is 0.965 bits per heavy atom. The number of amides is 6. The molecular weight excluding hydrogens is 749 g/mol. The Kier molecular flexibility index (Phi) is 15.9. The first-order chi connectivity index (χ1) is 27.4. The van der Waals surface area contributed by atoms with Crippen LogP contribution >= 0.6 is 11.8 Å². The molecule has 0 radical (unpaired) electrons.